The summed E-state index contributed by atoms with van der Waals surface area (Å²) in [4.78, 5) is 16.7. The fraction of sp³-hybridized carbons (Fsp3) is 0.933. The third-order valence-corrected chi connectivity index (χ3v) is 4.21. The van der Waals surface area contributed by atoms with Gasteiger partial charge < -0.3 is 15.3 Å². The number of nitrogens with one attached hydrogen (secondary N) is 1. The molecule has 2 unspecified atom stereocenters. The molecule has 20 heavy (non-hydrogen) atoms. The molecule has 0 radical (unpaired) electrons. The van der Waals surface area contributed by atoms with Crippen LogP contribution in [-0.4, -0.2) is 71.2 Å². The number of carbonyl (C=O) groups excluding carboxylic acids is 1. The maximum atomic E-state index is 12.5. The van der Waals surface area contributed by atoms with Gasteiger partial charge in [0.25, 0.3) is 0 Å². The molecule has 2 rings (SSSR count). The van der Waals surface area contributed by atoms with Crippen LogP contribution in [0.1, 0.15) is 40.0 Å². The van der Waals surface area contributed by atoms with E-state index in [9.17, 15) is 9.90 Å². The van der Waals surface area contributed by atoms with Gasteiger partial charge in [-0.25, -0.2) is 0 Å². The summed E-state index contributed by atoms with van der Waals surface area (Å²) in [5, 5.41) is 13.3. The van der Waals surface area contributed by atoms with E-state index in [1.54, 1.807) is 0 Å². The number of β-amino-alcohol motifs (C(OH)–C–C–N with tert-alkyl or cyclic N) is 1. The number of hydrogen-bond acceptors (Lipinski definition) is 4. The second kappa shape index (κ2) is 6.41. The molecule has 0 aliphatic carbocycles. The first-order valence-electron chi connectivity index (χ1n) is 7.85. The summed E-state index contributed by atoms with van der Waals surface area (Å²) in [5.74, 6) is 0.263. The smallest absolute Gasteiger partial charge is 0.239 e. The fourth-order valence-corrected chi connectivity index (χ4v) is 3.23. The second-order valence-electron chi connectivity index (χ2n) is 6.97. The summed E-state index contributed by atoms with van der Waals surface area (Å²) in [6, 6.07) is 0.466. The van der Waals surface area contributed by atoms with Crippen LogP contribution >= 0.6 is 0 Å². The Kier molecular flexibility index (Phi) is 5.04. The van der Waals surface area contributed by atoms with Gasteiger partial charge in [-0.05, 0) is 40.0 Å². The van der Waals surface area contributed by atoms with Crippen molar-refractivity contribution in [2.45, 2.75) is 57.7 Å². The number of piperazine rings is 1. The molecule has 0 aromatic rings. The van der Waals surface area contributed by atoms with E-state index in [1.165, 1.54) is 6.42 Å². The molecule has 1 amide bonds. The summed E-state index contributed by atoms with van der Waals surface area (Å²) in [7, 11) is 0. The Morgan fingerprint density at radius 1 is 1.25 bits per heavy atom. The highest BCUT2D eigenvalue weighted by Gasteiger charge is 2.30. The average molecular weight is 283 g/mol. The summed E-state index contributed by atoms with van der Waals surface area (Å²) in [5.41, 5.74) is -0.660. The van der Waals surface area contributed by atoms with Crippen LogP contribution in [0.5, 0.6) is 0 Å². The van der Waals surface area contributed by atoms with Gasteiger partial charge in [0.2, 0.25) is 5.91 Å². The van der Waals surface area contributed by atoms with Gasteiger partial charge in [-0.1, -0.05) is 0 Å². The van der Waals surface area contributed by atoms with E-state index in [1.807, 2.05) is 18.7 Å². The predicted molar refractivity (Wildman–Crippen MR) is 79.6 cm³/mol. The van der Waals surface area contributed by atoms with Crippen LogP contribution in [0.15, 0.2) is 0 Å². The maximum absolute atomic E-state index is 12.5. The summed E-state index contributed by atoms with van der Waals surface area (Å²) < 4.78 is 0. The summed E-state index contributed by atoms with van der Waals surface area (Å²) in [6.45, 7) is 9.77. The van der Waals surface area contributed by atoms with Crippen molar-refractivity contribution in [2.24, 2.45) is 0 Å². The number of nitrogens with zero attached hydrogens (tertiary/aromatic N) is 2. The van der Waals surface area contributed by atoms with Crippen LogP contribution < -0.4 is 5.32 Å². The number of piperidine rings is 1. The minimum absolute atomic E-state index is 0.0135. The zero-order valence-corrected chi connectivity index (χ0v) is 13.1. The van der Waals surface area contributed by atoms with Crippen molar-refractivity contribution in [3.8, 4) is 0 Å². The molecule has 2 atom stereocenters. The van der Waals surface area contributed by atoms with Gasteiger partial charge in [-0.3, -0.25) is 9.69 Å². The van der Waals surface area contributed by atoms with Crippen LogP contribution in [0.4, 0.5) is 0 Å². The molecule has 2 fully saturated rings. The molecule has 0 aromatic heterocycles. The molecule has 2 N–H and O–H groups in total. The average Bonchev–Trinajstić information content (AvgIpc) is 2.37. The van der Waals surface area contributed by atoms with E-state index in [-0.39, 0.29) is 11.9 Å². The standard InChI is InChI=1S/C15H29N3O2/c1-12-5-4-6-13(16-12)14(19)18-9-7-17(8-10-18)11-15(2,3)20/h12-13,16,20H,4-11H2,1-3H3. The molecule has 0 saturated carbocycles. The third kappa shape index (κ3) is 4.43. The topological polar surface area (TPSA) is 55.8 Å². The quantitative estimate of drug-likeness (QED) is 0.789. The molecule has 5 heteroatoms. The predicted octanol–water partition coefficient (Wildman–Crippen LogP) is 0.432. The number of carbonyl (C=O) groups is 1. The van der Waals surface area contributed by atoms with Gasteiger partial charge in [0.15, 0.2) is 0 Å². The van der Waals surface area contributed by atoms with Crippen LogP contribution in [0, 0.1) is 0 Å². The molecular formula is C15H29N3O2. The number of hydrogen-bond donors (Lipinski definition) is 2. The molecule has 2 heterocycles. The minimum atomic E-state index is -0.660. The molecule has 5 nitrogen and oxygen atoms in total. The lowest BCUT2D eigenvalue weighted by Crippen LogP contribution is -2.57. The van der Waals surface area contributed by atoms with E-state index in [0.29, 0.717) is 12.6 Å². The highest BCUT2D eigenvalue weighted by molar-refractivity contribution is 5.82. The minimum Gasteiger partial charge on any atom is -0.389 e. The summed E-state index contributed by atoms with van der Waals surface area (Å²) >= 11 is 0. The van der Waals surface area contributed by atoms with Crippen LogP contribution in [-0.2, 0) is 4.79 Å². The number of rotatable bonds is 3. The first-order chi connectivity index (χ1) is 9.35. The lowest BCUT2D eigenvalue weighted by atomic mass is 9.98. The Labute approximate surface area is 122 Å². The maximum Gasteiger partial charge on any atom is 0.239 e. The van der Waals surface area contributed by atoms with Gasteiger partial charge in [-0.15, -0.1) is 0 Å². The van der Waals surface area contributed by atoms with E-state index >= 15 is 0 Å². The third-order valence-electron chi connectivity index (χ3n) is 4.21. The van der Waals surface area contributed by atoms with Crippen LogP contribution in [0.25, 0.3) is 0 Å². The number of amides is 1. The van der Waals surface area contributed by atoms with Crippen molar-refractivity contribution in [1.82, 2.24) is 15.1 Å². The molecular weight excluding hydrogens is 254 g/mol. The molecule has 2 aliphatic heterocycles. The lowest BCUT2D eigenvalue weighted by molar-refractivity contribution is -0.136. The molecule has 2 aliphatic rings. The molecule has 0 spiro atoms. The lowest BCUT2D eigenvalue weighted by Gasteiger charge is -2.39. The largest absolute Gasteiger partial charge is 0.389 e. The highest BCUT2D eigenvalue weighted by Crippen LogP contribution is 2.16. The van der Waals surface area contributed by atoms with Crippen molar-refractivity contribution in [2.75, 3.05) is 32.7 Å². The highest BCUT2D eigenvalue weighted by atomic mass is 16.3. The van der Waals surface area contributed by atoms with E-state index in [2.05, 4.69) is 17.1 Å². The molecule has 0 bridgehead atoms. The first-order valence-corrected chi connectivity index (χ1v) is 7.85. The van der Waals surface area contributed by atoms with Gasteiger partial charge in [0, 0.05) is 38.8 Å². The second-order valence-corrected chi connectivity index (χ2v) is 6.97. The molecule has 116 valence electrons. The Morgan fingerprint density at radius 2 is 1.90 bits per heavy atom. The Morgan fingerprint density at radius 3 is 2.45 bits per heavy atom. The van der Waals surface area contributed by atoms with Crippen LogP contribution in [0.3, 0.4) is 0 Å². The zero-order valence-electron chi connectivity index (χ0n) is 13.1. The van der Waals surface area contributed by atoms with E-state index in [0.717, 1.165) is 39.0 Å². The monoisotopic (exact) mass is 283 g/mol. The number of aliphatic hydroxyl groups is 1. The summed E-state index contributed by atoms with van der Waals surface area (Å²) in [6.07, 6.45) is 3.28. The van der Waals surface area contributed by atoms with Crippen LogP contribution in [0.2, 0.25) is 0 Å². The fourth-order valence-electron chi connectivity index (χ4n) is 3.23. The molecule has 0 aromatic carbocycles. The van der Waals surface area contributed by atoms with Crippen molar-refractivity contribution in [3.63, 3.8) is 0 Å². The Balaban J connectivity index is 1.79. The van der Waals surface area contributed by atoms with Crippen molar-refractivity contribution >= 4 is 5.91 Å². The van der Waals surface area contributed by atoms with Gasteiger partial charge >= 0.3 is 0 Å². The van der Waals surface area contributed by atoms with Crippen molar-refractivity contribution in [1.29, 1.82) is 0 Å². The van der Waals surface area contributed by atoms with Gasteiger partial charge in [0.1, 0.15) is 0 Å². The van der Waals surface area contributed by atoms with E-state index < -0.39 is 5.60 Å². The van der Waals surface area contributed by atoms with E-state index in [4.69, 9.17) is 0 Å². The van der Waals surface area contributed by atoms with Gasteiger partial charge in [-0.2, -0.15) is 0 Å². The first kappa shape index (κ1) is 15.7. The van der Waals surface area contributed by atoms with Crippen molar-refractivity contribution in [3.05, 3.63) is 0 Å². The van der Waals surface area contributed by atoms with Gasteiger partial charge in [0.05, 0.1) is 11.6 Å². The van der Waals surface area contributed by atoms with Crippen molar-refractivity contribution < 1.29 is 9.90 Å². The normalized spacial score (nSPS) is 29.5. The Bertz CT molecular complexity index is 333. The SMILES string of the molecule is CC1CCCC(C(=O)N2CCN(CC(C)(C)O)CC2)N1. The molecule has 2 saturated heterocycles. The Hall–Kier alpha value is -0.650. The zero-order chi connectivity index (χ0) is 14.8.